The number of nitrogens with zero attached hydrogens (tertiary/aromatic N) is 4. The normalized spacial score (nSPS) is 18.3. The number of aromatic nitrogens is 1. The number of piperazine rings is 1. The molecule has 1 aromatic carbocycles. The van der Waals surface area contributed by atoms with Crippen LogP contribution in [-0.2, 0) is 4.79 Å². The van der Waals surface area contributed by atoms with Crippen molar-refractivity contribution in [2.24, 2.45) is 5.92 Å². The summed E-state index contributed by atoms with van der Waals surface area (Å²) in [6.07, 6.45) is 3.02. The van der Waals surface area contributed by atoms with Crippen molar-refractivity contribution in [3.63, 3.8) is 0 Å². The van der Waals surface area contributed by atoms with Crippen LogP contribution in [0.1, 0.15) is 23.2 Å². The first-order valence-corrected chi connectivity index (χ1v) is 10.6. The number of benzene rings is 1. The van der Waals surface area contributed by atoms with E-state index in [4.69, 9.17) is 4.74 Å². The predicted molar refractivity (Wildman–Crippen MR) is 113 cm³/mol. The maximum absolute atomic E-state index is 13.1. The van der Waals surface area contributed by atoms with Gasteiger partial charge in [0.05, 0.1) is 0 Å². The number of carbonyl (C=O) groups is 2. The maximum Gasteiger partial charge on any atom is 0.259 e. The first-order chi connectivity index (χ1) is 14.6. The Hall–Kier alpha value is -2.93. The molecule has 0 unspecified atom stereocenters. The van der Waals surface area contributed by atoms with Gasteiger partial charge in [-0.1, -0.05) is 18.2 Å². The van der Waals surface area contributed by atoms with Crippen molar-refractivity contribution >= 4 is 11.8 Å². The van der Waals surface area contributed by atoms with Crippen LogP contribution in [0.25, 0.3) is 0 Å². The lowest BCUT2D eigenvalue weighted by atomic mass is 9.94. The largest absolute Gasteiger partial charge is 0.438 e. The van der Waals surface area contributed by atoms with Crippen LogP contribution in [0, 0.1) is 5.92 Å². The Morgan fingerprint density at radius 3 is 2.30 bits per heavy atom. The molecule has 0 atom stereocenters. The van der Waals surface area contributed by atoms with Gasteiger partial charge in [-0.3, -0.25) is 9.59 Å². The number of carbonyl (C=O) groups excluding carboxylic acids is 2. The van der Waals surface area contributed by atoms with E-state index in [9.17, 15) is 9.59 Å². The summed E-state index contributed by atoms with van der Waals surface area (Å²) in [6.45, 7) is 4.59. The van der Waals surface area contributed by atoms with E-state index in [1.54, 1.807) is 18.3 Å². The van der Waals surface area contributed by atoms with E-state index in [1.807, 2.05) is 40.1 Å². The zero-order chi connectivity index (χ0) is 20.9. The van der Waals surface area contributed by atoms with Crippen LogP contribution in [0.2, 0.25) is 0 Å². The third-order valence-corrected chi connectivity index (χ3v) is 5.91. The highest BCUT2D eigenvalue weighted by Crippen LogP contribution is 2.26. The Morgan fingerprint density at radius 1 is 0.900 bits per heavy atom. The van der Waals surface area contributed by atoms with Crippen molar-refractivity contribution in [2.75, 3.05) is 46.3 Å². The molecule has 0 aliphatic carbocycles. The molecule has 158 valence electrons. The number of ether oxygens (including phenoxy) is 1. The molecule has 2 aromatic rings. The van der Waals surface area contributed by atoms with E-state index in [0.29, 0.717) is 43.1 Å². The second-order valence-corrected chi connectivity index (χ2v) is 7.97. The molecule has 30 heavy (non-hydrogen) atoms. The van der Waals surface area contributed by atoms with Crippen LogP contribution in [0.15, 0.2) is 48.7 Å². The Kier molecular flexibility index (Phi) is 6.28. The van der Waals surface area contributed by atoms with Crippen LogP contribution in [-0.4, -0.2) is 77.8 Å². The highest BCUT2D eigenvalue weighted by molar-refractivity contribution is 5.96. The van der Waals surface area contributed by atoms with Crippen LogP contribution >= 0.6 is 0 Å². The van der Waals surface area contributed by atoms with E-state index in [1.165, 1.54) is 0 Å². The smallest absolute Gasteiger partial charge is 0.259 e. The highest BCUT2D eigenvalue weighted by atomic mass is 16.5. The topological polar surface area (TPSA) is 66.0 Å². The van der Waals surface area contributed by atoms with Crippen LogP contribution in [0.3, 0.4) is 0 Å². The fourth-order valence-corrected chi connectivity index (χ4v) is 4.02. The van der Waals surface area contributed by atoms with Gasteiger partial charge in [-0.25, -0.2) is 4.98 Å². The lowest BCUT2D eigenvalue weighted by molar-refractivity contribution is -0.138. The number of para-hydroxylation sites is 1. The first kappa shape index (κ1) is 20.3. The molecule has 1 aromatic heterocycles. The molecule has 0 bridgehead atoms. The van der Waals surface area contributed by atoms with Gasteiger partial charge in [-0.2, -0.15) is 0 Å². The van der Waals surface area contributed by atoms with E-state index < -0.39 is 0 Å². The van der Waals surface area contributed by atoms with Crippen molar-refractivity contribution < 1.29 is 14.3 Å². The summed E-state index contributed by atoms with van der Waals surface area (Å²) in [5, 5.41) is 0. The summed E-state index contributed by atoms with van der Waals surface area (Å²) < 4.78 is 5.85. The maximum atomic E-state index is 13.1. The number of rotatable bonds is 4. The molecule has 4 rings (SSSR count). The summed E-state index contributed by atoms with van der Waals surface area (Å²) in [5.41, 5.74) is 0.449. The molecular weight excluding hydrogens is 380 g/mol. The molecule has 2 aliphatic rings. The lowest BCUT2D eigenvalue weighted by Crippen LogP contribution is -2.51. The second-order valence-electron chi connectivity index (χ2n) is 7.97. The molecule has 2 aliphatic heterocycles. The SMILES string of the molecule is CN1CCN(C(=O)C2CCN(C(=O)c3cccnc3Oc3ccccc3)CC2)CC1. The van der Waals surface area contributed by atoms with Crippen molar-refractivity contribution in [1.29, 1.82) is 0 Å². The Bertz CT molecular complexity index is 873. The van der Waals surface area contributed by atoms with Gasteiger partial charge in [0, 0.05) is 51.4 Å². The number of amides is 2. The van der Waals surface area contributed by atoms with Gasteiger partial charge in [0.15, 0.2) is 0 Å². The monoisotopic (exact) mass is 408 g/mol. The Labute approximate surface area is 177 Å². The molecular formula is C23H28N4O3. The van der Waals surface area contributed by atoms with Gasteiger partial charge in [0.1, 0.15) is 11.3 Å². The van der Waals surface area contributed by atoms with Crippen LogP contribution in [0.4, 0.5) is 0 Å². The van der Waals surface area contributed by atoms with Crippen molar-refractivity contribution in [3.05, 3.63) is 54.2 Å². The molecule has 3 heterocycles. The fourth-order valence-electron chi connectivity index (χ4n) is 4.02. The number of hydrogen-bond acceptors (Lipinski definition) is 5. The van der Waals surface area contributed by atoms with Crippen molar-refractivity contribution in [3.8, 4) is 11.6 Å². The number of pyridine rings is 1. The lowest BCUT2D eigenvalue weighted by Gasteiger charge is -2.37. The number of likely N-dealkylation sites (N-methyl/N-ethyl adjacent to an activating group) is 1. The zero-order valence-electron chi connectivity index (χ0n) is 17.4. The minimum Gasteiger partial charge on any atom is -0.438 e. The minimum atomic E-state index is -0.0977. The number of likely N-dealkylation sites (tertiary alicyclic amines) is 1. The van der Waals surface area contributed by atoms with E-state index in [-0.39, 0.29) is 17.7 Å². The number of hydrogen-bond donors (Lipinski definition) is 0. The standard InChI is InChI=1S/C23H28N4O3/c1-25-14-16-27(17-15-25)22(28)18-9-12-26(13-10-18)23(29)20-8-5-11-24-21(20)30-19-6-3-2-4-7-19/h2-8,11,18H,9-10,12-17H2,1H3. The third-order valence-electron chi connectivity index (χ3n) is 5.91. The van der Waals surface area contributed by atoms with E-state index in [2.05, 4.69) is 16.9 Å². The van der Waals surface area contributed by atoms with E-state index >= 15 is 0 Å². The molecule has 2 amide bonds. The molecule has 0 spiro atoms. The molecule has 0 N–H and O–H groups in total. The average molecular weight is 409 g/mol. The summed E-state index contributed by atoms with van der Waals surface area (Å²) >= 11 is 0. The molecule has 7 heteroatoms. The van der Waals surface area contributed by atoms with Crippen molar-refractivity contribution in [2.45, 2.75) is 12.8 Å². The van der Waals surface area contributed by atoms with Gasteiger partial charge in [-0.15, -0.1) is 0 Å². The van der Waals surface area contributed by atoms with Crippen LogP contribution < -0.4 is 4.74 Å². The van der Waals surface area contributed by atoms with Crippen LogP contribution in [0.5, 0.6) is 11.6 Å². The molecule has 7 nitrogen and oxygen atoms in total. The minimum absolute atomic E-state index is 0.00592. The Balaban J connectivity index is 1.37. The third kappa shape index (κ3) is 4.62. The van der Waals surface area contributed by atoms with Gasteiger partial charge in [-0.05, 0) is 44.2 Å². The summed E-state index contributed by atoms with van der Waals surface area (Å²) in [5.74, 6) is 1.10. The first-order valence-electron chi connectivity index (χ1n) is 10.6. The Morgan fingerprint density at radius 2 is 1.60 bits per heavy atom. The quantitative estimate of drug-likeness (QED) is 0.778. The zero-order valence-corrected chi connectivity index (χ0v) is 17.4. The fraction of sp³-hybridized carbons (Fsp3) is 0.435. The highest BCUT2D eigenvalue weighted by Gasteiger charge is 2.32. The van der Waals surface area contributed by atoms with Gasteiger partial charge in [0.25, 0.3) is 5.91 Å². The van der Waals surface area contributed by atoms with E-state index in [0.717, 1.165) is 26.2 Å². The average Bonchev–Trinajstić information content (AvgIpc) is 2.80. The summed E-state index contributed by atoms with van der Waals surface area (Å²) in [4.78, 5) is 36.3. The number of piperidine rings is 1. The van der Waals surface area contributed by atoms with Gasteiger partial charge in [0.2, 0.25) is 11.8 Å². The molecule has 2 saturated heterocycles. The molecule has 0 saturated carbocycles. The predicted octanol–water partition coefficient (Wildman–Crippen LogP) is 2.50. The summed E-state index contributed by atoms with van der Waals surface area (Å²) in [6, 6.07) is 12.8. The van der Waals surface area contributed by atoms with Gasteiger partial charge >= 0.3 is 0 Å². The van der Waals surface area contributed by atoms with Crippen molar-refractivity contribution in [1.82, 2.24) is 19.7 Å². The second kappa shape index (κ2) is 9.26. The summed E-state index contributed by atoms with van der Waals surface area (Å²) in [7, 11) is 2.08. The molecule has 0 radical (unpaired) electrons. The molecule has 2 fully saturated rings. The van der Waals surface area contributed by atoms with Gasteiger partial charge < -0.3 is 19.4 Å².